The lowest BCUT2D eigenvalue weighted by molar-refractivity contribution is -0.155. The van der Waals surface area contributed by atoms with Crippen LogP contribution in [0.2, 0.25) is 0 Å². The number of aromatic nitrogens is 3. The Kier molecular flexibility index (Phi) is 24.6. The molecule has 7 heterocycles. The van der Waals surface area contributed by atoms with Gasteiger partial charge in [0.05, 0.1) is 40.7 Å². The summed E-state index contributed by atoms with van der Waals surface area (Å²) >= 11 is 1.41. The Morgan fingerprint density at radius 1 is 1.05 bits per heavy atom. The van der Waals surface area contributed by atoms with Gasteiger partial charge in [-0.1, -0.05) is 46.4 Å². The molecular weight excluding hydrogens is 1080 g/mol. The minimum absolute atomic E-state index is 0. The monoisotopic (exact) mass is 1160 g/mol. The number of nitrogens with zero attached hydrogens (tertiary/aromatic N) is 7. The van der Waals surface area contributed by atoms with Crippen LogP contribution in [0, 0.1) is 17.3 Å². The Labute approximate surface area is 487 Å². The van der Waals surface area contributed by atoms with Crippen LogP contribution in [-0.4, -0.2) is 143 Å². The minimum Gasteiger partial charge on any atom is -0.464 e. The van der Waals surface area contributed by atoms with E-state index in [1.54, 1.807) is 19.1 Å². The number of amides is 4. The van der Waals surface area contributed by atoms with Crippen molar-refractivity contribution in [3.05, 3.63) is 76.4 Å². The summed E-state index contributed by atoms with van der Waals surface area (Å²) in [6.45, 7) is 19.3. The van der Waals surface area contributed by atoms with Gasteiger partial charge in [-0.05, 0) is 99.9 Å². The maximum atomic E-state index is 14.7. The quantitative estimate of drug-likeness (QED) is 0.117. The van der Waals surface area contributed by atoms with Gasteiger partial charge in [-0.15, -0.1) is 11.3 Å². The number of likely N-dealkylation sites (tertiary alicyclic amines) is 1. The minimum atomic E-state index is -1.09. The molecule has 1 aromatic carbocycles. The molecule has 16 nitrogen and oxygen atoms in total. The zero-order valence-corrected chi connectivity index (χ0v) is 51.2. The summed E-state index contributed by atoms with van der Waals surface area (Å²) in [6.07, 6.45) is 8.25. The van der Waals surface area contributed by atoms with E-state index in [1.165, 1.54) is 32.9 Å². The molecule has 0 aliphatic carbocycles. The number of ether oxygens (including phenoxy) is 2. The number of thiazole rings is 1. The summed E-state index contributed by atoms with van der Waals surface area (Å²) in [5, 5.41) is 8.14. The van der Waals surface area contributed by atoms with Crippen LogP contribution >= 0.6 is 78.8 Å². The Bertz CT molecular complexity index is 2750. The van der Waals surface area contributed by atoms with Crippen molar-refractivity contribution >= 4 is 125 Å². The third-order valence-corrected chi connectivity index (χ3v) is 15.6. The summed E-state index contributed by atoms with van der Waals surface area (Å²) in [5.74, 6) is -2.64. The molecule has 6 bridgehead atoms. The second-order valence-electron chi connectivity index (χ2n) is 20.8. The zero-order valence-electron chi connectivity index (χ0n) is 45.4. The van der Waals surface area contributed by atoms with Gasteiger partial charge < -0.3 is 34.1 Å². The molecule has 5 atom stereocenters. The molecule has 22 heteroatoms. The first-order chi connectivity index (χ1) is 33.9. The molecule has 4 aliphatic heterocycles. The van der Waals surface area contributed by atoms with Gasteiger partial charge in [-0.3, -0.25) is 34.0 Å². The molecule has 76 heavy (non-hydrogen) atoms. The largest absolute Gasteiger partial charge is 0.464 e. The topological polar surface area (TPSA) is 172 Å². The molecule has 0 unspecified atom stereocenters. The average molecular weight is 1160 g/mol. The Morgan fingerprint density at radius 2 is 1.79 bits per heavy atom. The number of fused-ring (bicyclic) bond motifs is 6. The molecule has 0 spiro atoms. The predicted octanol–water partition coefficient (Wildman–Crippen LogP) is 7.00. The van der Waals surface area contributed by atoms with E-state index in [0.29, 0.717) is 50.3 Å². The summed E-state index contributed by atoms with van der Waals surface area (Å²) < 4.78 is 14.5. The van der Waals surface area contributed by atoms with Crippen molar-refractivity contribution in [3.63, 3.8) is 0 Å². The van der Waals surface area contributed by atoms with Crippen LogP contribution in [0.4, 0.5) is 0 Å². The van der Waals surface area contributed by atoms with E-state index >= 15 is 0 Å². The van der Waals surface area contributed by atoms with Crippen molar-refractivity contribution in [2.75, 3.05) is 60.5 Å². The van der Waals surface area contributed by atoms with Gasteiger partial charge in [0.2, 0.25) is 17.7 Å². The standard InChI is InChI=1S/C54H71N9O7S.5H2S/c1-11-46(64)61-23-19-36(29-61)51(66)60(9)48(32(3)4)50(65)57-42-26-45-56-43(30-71-45)35-15-16-44-38(24-35)40(27-54(6,7)31-70-53(68)41-14-13-20-63(58-41)52(42)67)49(62(44)12-2)39-25-37(28-55-47(39)33(5)69-10)34-17-21-59(8)22-18-34;;;;;/h11,15-17,24-25,28,30,32-33,36,41-42,48,58H,1,12-14,18-23,26-27,29,31H2,2-10H3,(H,57,65);5*1H2/t33-,36-,41-,42-,48-;;;;;/m0...../s1. The second-order valence-corrected chi connectivity index (χ2v) is 21.8. The number of likely N-dealkylation sites (N-methyl/N-ethyl adjacent to an activating group) is 2. The third kappa shape index (κ3) is 14.2. The van der Waals surface area contributed by atoms with Gasteiger partial charge in [0.25, 0.3) is 5.91 Å². The predicted molar refractivity (Wildman–Crippen MR) is 328 cm³/mol. The fraction of sp³-hybridized carbons (Fsp3) is 0.537. The van der Waals surface area contributed by atoms with Crippen LogP contribution in [0.25, 0.3) is 39.0 Å². The molecule has 4 aliphatic rings. The van der Waals surface area contributed by atoms with Crippen molar-refractivity contribution in [2.45, 2.75) is 111 Å². The van der Waals surface area contributed by atoms with Crippen LogP contribution in [0.15, 0.2) is 54.6 Å². The number of nitrogens with one attached hydrogen (secondary N) is 2. The van der Waals surface area contributed by atoms with Crippen LogP contribution in [-0.2, 0) is 52.8 Å². The lowest BCUT2D eigenvalue weighted by Gasteiger charge is -2.36. The first kappa shape index (κ1) is 66.3. The normalized spacial score (nSPS) is 20.4. The lowest BCUT2D eigenvalue weighted by atomic mass is 9.84. The van der Waals surface area contributed by atoms with Crippen LogP contribution in [0.1, 0.15) is 95.2 Å². The van der Waals surface area contributed by atoms with Gasteiger partial charge >= 0.3 is 5.97 Å². The summed E-state index contributed by atoms with van der Waals surface area (Å²) in [4.78, 5) is 85.2. The molecular formula is C54H81N9O7S6. The highest BCUT2D eigenvalue weighted by molar-refractivity contribution is 7.60. The van der Waals surface area contributed by atoms with E-state index < -0.39 is 47.2 Å². The molecule has 2 saturated heterocycles. The van der Waals surface area contributed by atoms with Crippen LogP contribution in [0.3, 0.4) is 0 Å². The van der Waals surface area contributed by atoms with E-state index in [2.05, 4.69) is 84.9 Å². The zero-order chi connectivity index (χ0) is 50.9. The number of hydrogen-bond donors (Lipinski definition) is 2. The molecule has 0 saturated carbocycles. The number of aryl methyl sites for hydroxylation is 1. The van der Waals surface area contributed by atoms with Gasteiger partial charge in [-0.25, -0.2) is 10.4 Å². The summed E-state index contributed by atoms with van der Waals surface area (Å²) in [5.41, 5.74) is 11.7. The molecule has 2 fully saturated rings. The number of esters is 1. The summed E-state index contributed by atoms with van der Waals surface area (Å²) in [6, 6.07) is 5.91. The van der Waals surface area contributed by atoms with Crippen molar-refractivity contribution in [3.8, 4) is 22.5 Å². The van der Waals surface area contributed by atoms with Gasteiger partial charge in [0.15, 0.2) is 0 Å². The van der Waals surface area contributed by atoms with Crippen LogP contribution in [0.5, 0.6) is 0 Å². The van der Waals surface area contributed by atoms with Crippen molar-refractivity contribution in [2.24, 2.45) is 17.3 Å². The molecule has 0 radical (unpaired) electrons. The number of carbonyl (C=O) groups is 5. The van der Waals surface area contributed by atoms with Crippen LogP contribution < -0.4 is 10.7 Å². The number of benzene rings is 1. The maximum absolute atomic E-state index is 14.7. The molecule has 4 amide bonds. The third-order valence-electron chi connectivity index (χ3n) is 14.7. The maximum Gasteiger partial charge on any atom is 0.324 e. The first-order valence-electron chi connectivity index (χ1n) is 25.1. The van der Waals surface area contributed by atoms with Crippen molar-refractivity contribution in [1.29, 1.82) is 0 Å². The number of methoxy groups -OCH3 is 1. The molecule has 420 valence electrons. The second kappa shape index (κ2) is 28.2. The molecule has 3 aromatic heterocycles. The number of rotatable bonds is 11. The van der Waals surface area contributed by atoms with E-state index in [9.17, 15) is 24.0 Å². The van der Waals surface area contributed by atoms with Crippen molar-refractivity contribution < 1.29 is 33.4 Å². The van der Waals surface area contributed by atoms with Crippen molar-refractivity contribution in [1.82, 2.24) is 45.0 Å². The average Bonchev–Trinajstić information content (AvgIpc) is 4.12. The number of cyclic esters (lactones) is 1. The molecule has 2 N–H and O–H groups in total. The first-order valence-corrected chi connectivity index (χ1v) is 26.0. The SMILES string of the molecule is C=CC(=O)N1CC[C@H](C(=O)N(C)[C@H](C(=O)N[C@H]2Cc3nc(cs3)-c3ccc4c(c3)c(c(-c3cc(C5=CCN(C)CC5)cnc3[C@H](C)OC)n4CC)CC(C)(C)COC(=O)[C@@H]3CCCN(N3)C2=O)C(C)C)C1.S.S.S.S.S. The molecule has 8 rings (SSSR count). The van der Waals surface area contributed by atoms with E-state index in [-0.39, 0.29) is 111 Å². The Balaban J connectivity index is 0.00000304. The van der Waals surface area contributed by atoms with Gasteiger partial charge in [-0.2, -0.15) is 67.5 Å². The van der Waals surface area contributed by atoms with E-state index in [1.807, 2.05) is 32.3 Å². The molecule has 4 aromatic rings. The Hall–Kier alpha value is -4.00. The lowest BCUT2D eigenvalue weighted by Crippen LogP contribution is -2.62. The number of hydrazine groups is 1. The van der Waals surface area contributed by atoms with Gasteiger partial charge in [0.1, 0.15) is 18.1 Å². The smallest absolute Gasteiger partial charge is 0.324 e. The fourth-order valence-electron chi connectivity index (χ4n) is 10.7. The Morgan fingerprint density at radius 3 is 2.45 bits per heavy atom. The number of pyridine rings is 1. The summed E-state index contributed by atoms with van der Waals surface area (Å²) in [7, 11) is 5.45. The fourth-order valence-corrected chi connectivity index (χ4v) is 11.6. The van der Waals surface area contributed by atoms with E-state index in [4.69, 9.17) is 19.4 Å². The van der Waals surface area contributed by atoms with Gasteiger partial charge in [0, 0.05) is 98.9 Å². The number of hydrogen-bond acceptors (Lipinski definition) is 12. The highest BCUT2D eigenvalue weighted by atomic mass is 32.1. The van der Waals surface area contributed by atoms with E-state index in [0.717, 1.165) is 69.7 Å². The number of carbonyl (C=O) groups excluding carboxylic acids is 5. The highest BCUT2D eigenvalue weighted by Crippen LogP contribution is 2.43. The highest BCUT2D eigenvalue weighted by Gasteiger charge is 2.40.